The van der Waals surface area contributed by atoms with Gasteiger partial charge in [-0.1, -0.05) is 0 Å². The molecule has 18 heteroatoms. The van der Waals surface area contributed by atoms with Crippen molar-refractivity contribution in [2.75, 3.05) is 0 Å². The summed E-state index contributed by atoms with van der Waals surface area (Å²) in [7, 11) is 0. The summed E-state index contributed by atoms with van der Waals surface area (Å²) >= 11 is 0. The van der Waals surface area contributed by atoms with Crippen molar-refractivity contribution in [3.05, 3.63) is 0 Å². The van der Waals surface area contributed by atoms with E-state index in [1.165, 1.54) is 0 Å². The Morgan fingerprint density at radius 2 is 0.538 bits per heavy atom. The third kappa shape index (κ3) is 3.68. The maximum Gasteiger partial charge on any atom is 0.460 e. The fourth-order valence-electron chi connectivity index (χ4n) is 0.948. The average Bonchev–Trinajstić information content (AvgIpc) is 2.35. The molecule has 0 aromatic rings. The standard InChI is InChI=1S/C7F16.CHNO/c8-1(9,2(10,11)4(14,15)6(18,19)20)3(12,13)5(16,17)7(21,22)23;2-1-3/h;2H. The van der Waals surface area contributed by atoms with Crippen LogP contribution in [0.2, 0.25) is 0 Å². The fraction of sp³-hybridized carbons (Fsp3) is 0.875. The maximum atomic E-state index is 12.6. The molecule has 0 amide bonds. The molecule has 0 spiro atoms. The van der Waals surface area contributed by atoms with Crippen molar-refractivity contribution in [1.82, 2.24) is 0 Å². The summed E-state index contributed by atoms with van der Waals surface area (Å²) < 4.78 is 193. The van der Waals surface area contributed by atoms with Crippen LogP contribution >= 0.6 is 0 Å². The molecule has 0 rings (SSSR count). The molecule has 26 heavy (non-hydrogen) atoms. The largest absolute Gasteiger partial charge is 0.460 e. The van der Waals surface area contributed by atoms with Crippen molar-refractivity contribution in [1.29, 1.82) is 5.41 Å². The molecule has 0 aliphatic carbocycles. The Hall–Kier alpha value is -1.74. The second kappa shape index (κ2) is 6.77. The first-order chi connectivity index (χ1) is 10.9. The number of hydrogen-bond donors (Lipinski definition) is 1. The van der Waals surface area contributed by atoms with Crippen molar-refractivity contribution in [2.24, 2.45) is 0 Å². The number of hydrogen-bond acceptors (Lipinski definition) is 2. The van der Waals surface area contributed by atoms with Crippen LogP contribution in [0.3, 0.4) is 0 Å². The molecular weight excluding hydrogens is 430 g/mol. The lowest BCUT2D eigenvalue weighted by atomic mass is 9.94. The molecule has 0 saturated heterocycles. The molecule has 0 saturated carbocycles. The van der Waals surface area contributed by atoms with Gasteiger partial charge in [0.25, 0.3) is 0 Å². The highest BCUT2D eigenvalue weighted by atomic mass is 19.4. The highest BCUT2D eigenvalue weighted by Crippen LogP contribution is 2.62. The van der Waals surface area contributed by atoms with E-state index in [4.69, 9.17) is 10.2 Å². The van der Waals surface area contributed by atoms with Crippen LogP contribution < -0.4 is 0 Å². The Bertz CT molecular complexity index is 481. The van der Waals surface area contributed by atoms with E-state index in [0.29, 0.717) is 0 Å². The Labute approximate surface area is 130 Å². The third-order valence-corrected chi connectivity index (χ3v) is 2.29. The summed E-state index contributed by atoms with van der Waals surface area (Å²) in [4.78, 5) is 8.35. The lowest BCUT2D eigenvalue weighted by Gasteiger charge is -2.39. The summed E-state index contributed by atoms with van der Waals surface area (Å²) in [5.74, 6) is -41.2. The number of nitrogens with one attached hydrogen (secondary N) is 1. The van der Waals surface area contributed by atoms with E-state index in [9.17, 15) is 70.2 Å². The fourth-order valence-corrected chi connectivity index (χ4v) is 0.948. The lowest BCUT2D eigenvalue weighted by Crippen LogP contribution is -2.72. The molecule has 0 aromatic heterocycles. The molecule has 0 fully saturated rings. The van der Waals surface area contributed by atoms with Crippen LogP contribution in [0.1, 0.15) is 0 Å². The number of isocyanates is 1. The number of alkyl halides is 16. The Morgan fingerprint density at radius 3 is 0.654 bits per heavy atom. The molecule has 2 nitrogen and oxygen atoms in total. The van der Waals surface area contributed by atoms with Gasteiger partial charge in [0.1, 0.15) is 0 Å². The highest BCUT2D eigenvalue weighted by molar-refractivity contribution is 5.26. The van der Waals surface area contributed by atoms with Gasteiger partial charge in [0, 0.05) is 0 Å². The smallest absolute Gasteiger partial charge is 0.222 e. The molecule has 0 unspecified atom stereocenters. The van der Waals surface area contributed by atoms with Crippen LogP contribution in [0, 0.1) is 5.41 Å². The quantitative estimate of drug-likeness (QED) is 0.372. The van der Waals surface area contributed by atoms with Crippen molar-refractivity contribution < 1.29 is 75.0 Å². The van der Waals surface area contributed by atoms with Gasteiger partial charge in [-0.2, -0.15) is 70.2 Å². The molecule has 1 N–H and O–H groups in total. The van der Waals surface area contributed by atoms with Gasteiger partial charge < -0.3 is 0 Å². The lowest BCUT2D eigenvalue weighted by molar-refractivity contribution is -0.461. The number of rotatable bonds is 4. The zero-order valence-electron chi connectivity index (χ0n) is 11.0. The normalized spacial score (nSPS) is 15.1. The molecule has 0 radical (unpaired) electrons. The van der Waals surface area contributed by atoms with Gasteiger partial charge in [-0.3, -0.25) is 0 Å². The Balaban J connectivity index is 0. The first-order valence-corrected chi connectivity index (χ1v) is 4.98. The molecule has 156 valence electrons. The molecule has 0 aromatic carbocycles. The van der Waals surface area contributed by atoms with E-state index in [-0.39, 0.29) is 0 Å². The van der Waals surface area contributed by atoms with E-state index < -0.39 is 42.0 Å². The summed E-state index contributed by atoms with van der Waals surface area (Å²) in [5.41, 5.74) is 0. The van der Waals surface area contributed by atoms with E-state index in [2.05, 4.69) is 0 Å². The SMILES string of the molecule is FC(F)(F)C(F)(F)C(F)(F)C(F)(F)C(F)(F)C(F)(F)C(F)(F)F.N=C=O. The highest BCUT2D eigenvalue weighted by Gasteiger charge is 2.93. The second-order valence-corrected chi connectivity index (χ2v) is 3.97. The van der Waals surface area contributed by atoms with Crippen molar-refractivity contribution in [3.63, 3.8) is 0 Å². The van der Waals surface area contributed by atoms with Gasteiger partial charge in [-0.15, -0.1) is 0 Å². The first kappa shape index (κ1) is 26.5. The van der Waals surface area contributed by atoms with Crippen LogP contribution in [-0.4, -0.2) is 48.0 Å². The topological polar surface area (TPSA) is 40.9 Å². The van der Waals surface area contributed by atoms with Gasteiger partial charge in [0.15, 0.2) is 0 Å². The predicted octanol–water partition coefficient (Wildman–Crippen LogP) is 5.19. The molecule has 0 aliphatic heterocycles. The molecule has 0 heterocycles. The van der Waals surface area contributed by atoms with Crippen LogP contribution in [0.15, 0.2) is 0 Å². The minimum atomic E-state index is -8.43. The summed E-state index contributed by atoms with van der Waals surface area (Å²) in [5, 5.41) is 5.40. The van der Waals surface area contributed by atoms with Gasteiger partial charge in [0.05, 0.1) is 0 Å². The number of carbonyl (C=O) groups excluding carboxylic acids is 1. The molecule has 0 atom stereocenters. The predicted molar refractivity (Wildman–Crippen MR) is 45.3 cm³/mol. The summed E-state index contributed by atoms with van der Waals surface area (Å²) in [6.45, 7) is 0. The van der Waals surface area contributed by atoms with Crippen molar-refractivity contribution in [3.8, 4) is 0 Å². The van der Waals surface area contributed by atoms with Crippen LogP contribution in [0.25, 0.3) is 0 Å². The average molecular weight is 431 g/mol. The monoisotopic (exact) mass is 431 g/mol. The zero-order chi connectivity index (χ0) is 22.2. The molecule has 0 bridgehead atoms. The van der Waals surface area contributed by atoms with Gasteiger partial charge in [0.2, 0.25) is 6.08 Å². The number of halogens is 16. The second-order valence-electron chi connectivity index (χ2n) is 3.97. The first-order valence-electron chi connectivity index (χ1n) is 4.98. The Morgan fingerprint density at radius 1 is 0.423 bits per heavy atom. The van der Waals surface area contributed by atoms with Gasteiger partial charge in [-0.05, 0) is 0 Å². The van der Waals surface area contributed by atoms with Crippen molar-refractivity contribution in [2.45, 2.75) is 42.0 Å². The summed E-state index contributed by atoms with van der Waals surface area (Å²) in [6.07, 6.45) is -14.6. The Kier molecular flexibility index (Phi) is 6.90. The van der Waals surface area contributed by atoms with Crippen LogP contribution in [0.4, 0.5) is 70.2 Å². The molecular formula is C8HF16NO. The van der Waals surface area contributed by atoms with E-state index in [1.54, 1.807) is 0 Å². The zero-order valence-corrected chi connectivity index (χ0v) is 11.0. The van der Waals surface area contributed by atoms with Gasteiger partial charge in [-0.25, -0.2) is 10.2 Å². The van der Waals surface area contributed by atoms with Crippen LogP contribution in [-0.2, 0) is 4.79 Å². The van der Waals surface area contributed by atoms with Crippen LogP contribution in [0.5, 0.6) is 0 Å². The summed E-state index contributed by atoms with van der Waals surface area (Å²) in [6, 6.07) is 0. The van der Waals surface area contributed by atoms with Gasteiger partial charge >= 0.3 is 42.0 Å². The van der Waals surface area contributed by atoms with Crippen molar-refractivity contribution >= 4 is 6.08 Å². The third-order valence-electron chi connectivity index (χ3n) is 2.29. The minimum Gasteiger partial charge on any atom is -0.222 e. The molecule has 0 aliphatic rings. The van der Waals surface area contributed by atoms with E-state index in [1.807, 2.05) is 0 Å². The maximum absolute atomic E-state index is 12.6. The minimum absolute atomic E-state index is 0.750. The van der Waals surface area contributed by atoms with E-state index in [0.717, 1.165) is 6.08 Å². The van der Waals surface area contributed by atoms with E-state index >= 15 is 0 Å².